The Balaban J connectivity index is 0.00000135. The first-order valence-electron chi connectivity index (χ1n) is 8.43. The minimum absolute atomic E-state index is 0. The van der Waals surface area contributed by atoms with E-state index in [-0.39, 0.29) is 17.0 Å². The molecule has 2 aliphatic carbocycles. The van der Waals surface area contributed by atoms with Gasteiger partial charge in [-0.2, -0.15) is 0 Å². The van der Waals surface area contributed by atoms with Gasteiger partial charge in [0.05, 0.1) is 0 Å². The van der Waals surface area contributed by atoms with E-state index in [9.17, 15) is 0 Å². The van der Waals surface area contributed by atoms with Crippen LogP contribution in [0.25, 0.3) is 12.2 Å². The Morgan fingerprint density at radius 3 is 1.61 bits per heavy atom. The van der Waals surface area contributed by atoms with Crippen molar-refractivity contribution in [1.29, 1.82) is 0 Å². The number of halogens is 1. The molecule has 0 aromatic heterocycles. The average Bonchev–Trinajstić information content (AvgIpc) is 2.95. The van der Waals surface area contributed by atoms with Gasteiger partial charge in [-0.1, -0.05) is 0 Å². The van der Waals surface area contributed by atoms with E-state index in [2.05, 4.69) is 77.5 Å². The van der Waals surface area contributed by atoms with Crippen molar-refractivity contribution in [2.75, 3.05) is 0 Å². The van der Waals surface area contributed by atoms with Crippen LogP contribution in [-0.2, 0) is 18.8 Å². The van der Waals surface area contributed by atoms with Gasteiger partial charge in [-0.25, -0.2) is 0 Å². The van der Waals surface area contributed by atoms with Crippen molar-refractivity contribution in [3.8, 4) is 0 Å². The zero-order chi connectivity index (χ0) is 14.8. The number of hydrogen-bond donors (Lipinski definition) is 0. The van der Waals surface area contributed by atoms with Crippen molar-refractivity contribution in [2.24, 2.45) is 0 Å². The van der Waals surface area contributed by atoms with E-state index in [0.29, 0.717) is 0 Å². The van der Waals surface area contributed by atoms with Gasteiger partial charge < -0.3 is 0 Å². The van der Waals surface area contributed by atoms with E-state index in [1.54, 1.807) is 11.1 Å². The molecule has 2 aromatic carbocycles. The number of allylic oxidation sites excluding steroid dienone is 2. The van der Waals surface area contributed by atoms with E-state index >= 15 is 0 Å². The monoisotopic (exact) mass is 443 g/mol. The normalized spacial score (nSPS) is 29.0. The molecular weight excluding hydrogens is 423 g/mol. The molecule has 1 heterocycles. The molecule has 1 fully saturated rings. The summed E-state index contributed by atoms with van der Waals surface area (Å²) in [6.07, 6.45) is 9.87. The van der Waals surface area contributed by atoms with Crippen LogP contribution in [0.2, 0.25) is 12.9 Å². The summed E-state index contributed by atoms with van der Waals surface area (Å²) in [5.41, 5.74) is 6.16. The predicted molar refractivity (Wildman–Crippen MR) is 102 cm³/mol. The van der Waals surface area contributed by atoms with Gasteiger partial charge >= 0.3 is 134 Å². The van der Waals surface area contributed by atoms with E-state index in [4.69, 9.17) is 0 Å². The molecule has 0 bridgehead atoms. The summed E-state index contributed by atoms with van der Waals surface area (Å²) in [5, 5.41) is 0. The van der Waals surface area contributed by atoms with Crippen molar-refractivity contribution in [3.05, 3.63) is 82.9 Å². The molecule has 0 amide bonds. The molecule has 2 aromatic rings. The van der Waals surface area contributed by atoms with Crippen molar-refractivity contribution >= 4 is 29.1 Å². The maximum atomic E-state index is 2.75. The standard InChI is InChI=1S/2C9H7.C2H4.CH3.BrH.Zr/c2*1-2-5-9-7-3-6-8(9)4-1;1-2;;;/h2*1-7H;1-2H2;1H3;1H;. The number of benzene rings is 2. The molecule has 23 heavy (non-hydrogen) atoms. The predicted octanol–water partition coefficient (Wildman–Crippen LogP) is 6.69. The SMILES string of the molecule is Br.[CH3][Zr]1([CH]2C=Cc3ccccc32)([CH]2C=Cc3ccccc32)[CH2][CH2]1. The molecule has 2 atom stereocenters. The van der Waals surface area contributed by atoms with Gasteiger partial charge in [0, 0.05) is 0 Å². The van der Waals surface area contributed by atoms with Crippen molar-refractivity contribution in [1.82, 2.24) is 0 Å². The number of fused-ring (bicyclic) bond motifs is 2. The summed E-state index contributed by atoms with van der Waals surface area (Å²) in [6, 6.07) is 18.1. The summed E-state index contributed by atoms with van der Waals surface area (Å²) in [4.78, 5) is 0. The topological polar surface area (TPSA) is 0 Å². The van der Waals surface area contributed by atoms with Gasteiger partial charge in [0.2, 0.25) is 0 Å². The third-order valence-electron chi connectivity index (χ3n) is 6.79. The maximum absolute atomic E-state index is 2.79. The van der Waals surface area contributed by atoms with Crippen molar-refractivity contribution < 1.29 is 18.8 Å². The fourth-order valence-corrected chi connectivity index (χ4v) is 27.4. The van der Waals surface area contributed by atoms with Gasteiger partial charge in [-0.3, -0.25) is 0 Å². The Labute approximate surface area is 150 Å². The molecule has 0 N–H and O–H groups in total. The second-order valence-electron chi connectivity index (χ2n) is 7.95. The molecule has 0 radical (unpaired) electrons. The first-order chi connectivity index (χ1) is 10.7. The van der Waals surface area contributed by atoms with E-state index in [0.717, 1.165) is 7.25 Å². The Morgan fingerprint density at radius 2 is 1.17 bits per heavy atom. The van der Waals surface area contributed by atoms with Crippen LogP contribution in [0.5, 0.6) is 0 Å². The summed E-state index contributed by atoms with van der Waals surface area (Å²) in [7, 11) is 0. The van der Waals surface area contributed by atoms with Crippen LogP contribution in [0.1, 0.15) is 29.5 Å². The Hall–Kier alpha value is -0.717. The summed E-state index contributed by atoms with van der Waals surface area (Å²) >= 11 is -2.79. The average molecular weight is 446 g/mol. The molecular formula is C21H22BrZr. The molecule has 1 saturated heterocycles. The van der Waals surface area contributed by atoms with Crippen LogP contribution in [0, 0.1) is 0 Å². The van der Waals surface area contributed by atoms with Crippen LogP contribution in [-0.4, -0.2) is 0 Å². The van der Waals surface area contributed by atoms with Gasteiger partial charge in [0.15, 0.2) is 0 Å². The van der Waals surface area contributed by atoms with E-state index in [1.807, 2.05) is 0 Å². The van der Waals surface area contributed by atoms with Crippen LogP contribution >= 0.6 is 17.0 Å². The third kappa shape index (κ3) is 2.04. The van der Waals surface area contributed by atoms with Gasteiger partial charge in [0.25, 0.3) is 0 Å². The second kappa shape index (κ2) is 5.14. The summed E-state index contributed by atoms with van der Waals surface area (Å²) in [5.74, 6) is 0. The van der Waals surface area contributed by atoms with Gasteiger partial charge in [-0.05, 0) is 0 Å². The molecule has 0 spiro atoms. The van der Waals surface area contributed by atoms with Crippen molar-refractivity contribution in [2.45, 2.75) is 20.1 Å². The fraction of sp³-hybridized carbons (Fsp3) is 0.238. The minimum atomic E-state index is -2.79. The van der Waals surface area contributed by atoms with Crippen LogP contribution in [0.4, 0.5) is 0 Å². The zero-order valence-corrected chi connectivity index (χ0v) is 17.6. The van der Waals surface area contributed by atoms with E-state index in [1.165, 1.54) is 19.4 Å². The molecule has 3 aliphatic rings. The second-order valence-corrected chi connectivity index (χ2v) is 25.8. The molecule has 2 unspecified atom stereocenters. The quantitative estimate of drug-likeness (QED) is 0.483. The van der Waals surface area contributed by atoms with E-state index < -0.39 is 18.8 Å². The number of rotatable bonds is 2. The molecule has 5 rings (SSSR count). The summed E-state index contributed by atoms with van der Waals surface area (Å²) < 4.78 is 7.29. The van der Waals surface area contributed by atoms with Crippen molar-refractivity contribution in [3.63, 3.8) is 0 Å². The molecule has 117 valence electrons. The van der Waals surface area contributed by atoms with Gasteiger partial charge in [0.1, 0.15) is 0 Å². The third-order valence-corrected chi connectivity index (χ3v) is 24.9. The zero-order valence-electron chi connectivity index (χ0n) is 13.4. The molecule has 0 saturated carbocycles. The molecule has 2 heteroatoms. The Morgan fingerprint density at radius 1 is 0.739 bits per heavy atom. The molecule has 0 nitrogen and oxygen atoms in total. The van der Waals surface area contributed by atoms with Gasteiger partial charge in [-0.15, -0.1) is 17.0 Å². The molecule has 1 aliphatic heterocycles. The number of hydrogen-bond acceptors (Lipinski definition) is 0. The Kier molecular flexibility index (Phi) is 3.53. The van der Waals surface area contributed by atoms with Crippen LogP contribution < -0.4 is 0 Å². The first-order valence-corrected chi connectivity index (χ1v) is 17.2. The van der Waals surface area contributed by atoms with Crippen LogP contribution in [0.15, 0.2) is 60.7 Å². The van der Waals surface area contributed by atoms with Crippen LogP contribution in [0.3, 0.4) is 0 Å². The Bertz CT molecular complexity index is 779. The fourth-order valence-electron chi connectivity index (χ4n) is 5.09. The first kappa shape index (κ1) is 15.8. The summed E-state index contributed by atoms with van der Waals surface area (Å²) in [6.45, 7) is 0.